The number of benzene rings is 2. The summed E-state index contributed by atoms with van der Waals surface area (Å²) in [5, 5.41) is 0. The predicted molar refractivity (Wildman–Crippen MR) is 126 cm³/mol. The molecule has 0 saturated carbocycles. The molecule has 0 aliphatic carbocycles. The van der Waals surface area contributed by atoms with Gasteiger partial charge in [0.05, 0.1) is 17.6 Å². The molecule has 2 heterocycles. The number of carbonyl (C=O) groups is 1. The Hall–Kier alpha value is -3.45. The number of methoxy groups -OCH3 is 1. The zero-order valence-corrected chi connectivity index (χ0v) is 18.7. The van der Waals surface area contributed by atoms with Crippen LogP contribution in [0, 0.1) is 0 Å². The van der Waals surface area contributed by atoms with Crippen LogP contribution in [0.15, 0.2) is 48.5 Å². The van der Waals surface area contributed by atoms with Crippen LogP contribution in [0.1, 0.15) is 42.6 Å². The lowest BCUT2D eigenvalue weighted by molar-refractivity contribution is 0.0123. The molecule has 32 heavy (non-hydrogen) atoms. The Morgan fingerprint density at radius 2 is 1.78 bits per heavy atom. The van der Waals surface area contributed by atoms with Gasteiger partial charge in [-0.15, -0.1) is 0 Å². The van der Waals surface area contributed by atoms with Gasteiger partial charge in [-0.1, -0.05) is 37.6 Å². The number of rotatable bonds is 8. The van der Waals surface area contributed by atoms with Crippen molar-refractivity contribution in [1.82, 2.24) is 14.5 Å². The number of aromatic nitrogens is 3. The van der Waals surface area contributed by atoms with Crippen molar-refractivity contribution >= 4 is 34.0 Å². The minimum Gasteiger partial charge on any atom is -0.456 e. The van der Waals surface area contributed by atoms with E-state index in [-0.39, 0.29) is 18.0 Å². The quantitative estimate of drug-likeness (QED) is 0.406. The Morgan fingerprint density at radius 3 is 2.44 bits per heavy atom. The van der Waals surface area contributed by atoms with E-state index in [4.69, 9.17) is 25.2 Å². The van der Waals surface area contributed by atoms with Crippen LogP contribution >= 0.6 is 0 Å². The van der Waals surface area contributed by atoms with Crippen LogP contribution in [-0.4, -0.2) is 40.3 Å². The van der Waals surface area contributed by atoms with Crippen molar-refractivity contribution in [2.75, 3.05) is 19.5 Å². The third kappa shape index (κ3) is 4.16. The van der Waals surface area contributed by atoms with Crippen molar-refractivity contribution in [3.05, 3.63) is 59.7 Å². The van der Waals surface area contributed by atoms with Crippen molar-refractivity contribution in [2.24, 2.45) is 0 Å². The molecule has 2 N–H and O–H groups in total. The maximum absolute atomic E-state index is 13.1. The summed E-state index contributed by atoms with van der Waals surface area (Å²) in [5.41, 5.74) is 11.2. The van der Waals surface area contributed by atoms with Crippen LogP contribution in [0.2, 0.25) is 0 Å². The third-order valence-electron chi connectivity index (χ3n) is 5.43. The van der Waals surface area contributed by atoms with Gasteiger partial charge in [-0.3, -0.25) is 4.57 Å². The van der Waals surface area contributed by atoms with Gasteiger partial charge in [0.25, 0.3) is 0 Å². The first kappa shape index (κ1) is 21.8. The summed E-state index contributed by atoms with van der Waals surface area (Å²) in [5.74, 6) is -0.286. The van der Waals surface area contributed by atoms with E-state index >= 15 is 0 Å². The highest BCUT2D eigenvalue weighted by atomic mass is 16.6. The highest BCUT2D eigenvalue weighted by Crippen LogP contribution is 2.32. The fourth-order valence-corrected chi connectivity index (χ4v) is 3.83. The van der Waals surface area contributed by atoms with Crippen molar-refractivity contribution in [3.63, 3.8) is 0 Å². The molecule has 4 aromatic rings. The summed E-state index contributed by atoms with van der Waals surface area (Å²) >= 11 is 0. The van der Waals surface area contributed by atoms with Gasteiger partial charge in [0.1, 0.15) is 23.0 Å². The van der Waals surface area contributed by atoms with Gasteiger partial charge in [-0.2, -0.15) is 0 Å². The van der Waals surface area contributed by atoms with E-state index in [1.807, 2.05) is 36.4 Å². The number of anilines is 1. The fourth-order valence-electron chi connectivity index (χ4n) is 3.83. The number of fused-ring (bicyclic) bond motifs is 2. The second-order valence-electron chi connectivity index (χ2n) is 7.92. The zero-order valence-electron chi connectivity index (χ0n) is 18.7. The Labute approximate surface area is 187 Å². The van der Waals surface area contributed by atoms with Gasteiger partial charge in [-0.25, -0.2) is 14.8 Å². The van der Waals surface area contributed by atoms with Crippen LogP contribution in [0.4, 0.5) is 5.82 Å². The summed E-state index contributed by atoms with van der Waals surface area (Å²) in [4.78, 5) is 22.6. The van der Waals surface area contributed by atoms with E-state index in [1.54, 1.807) is 18.6 Å². The lowest BCUT2D eigenvalue weighted by Gasteiger charge is -2.12. The van der Waals surface area contributed by atoms with Crippen LogP contribution < -0.4 is 5.73 Å². The molecule has 0 aliphatic rings. The fraction of sp³-hybridized carbons (Fsp3) is 0.320. The molecule has 0 fully saturated rings. The molecule has 1 atom stereocenters. The predicted octanol–water partition coefficient (Wildman–Crippen LogP) is 4.69. The number of esters is 1. The average Bonchev–Trinajstić information content (AvgIpc) is 3.07. The average molecular weight is 433 g/mol. The number of nitrogens with two attached hydrogens (primary N) is 1. The number of aryl methyl sites for hydroxylation is 1. The van der Waals surface area contributed by atoms with E-state index in [1.165, 1.54) is 5.56 Å². The number of hydrogen-bond donors (Lipinski definition) is 1. The van der Waals surface area contributed by atoms with Gasteiger partial charge < -0.3 is 15.2 Å². The highest BCUT2D eigenvalue weighted by Gasteiger charge is 2.27. The SMILES string of the molecule is CCCCc1ccc(-n2c(N)c(C(=O)OC(C)COC)c3nc4ccccc4nc32)cc1. The molecular weight excluding hydrogens is 404 g/mol. The second-order valence-corrected chi connectivity index (χ2v) is 7.92. The molecule has 1 unspecified atom stereocenters. The third-order valence-corrected chi connectivity index (χ3v) is 5.43. The van der Waals surface area contributed by atoms with Crippen molar-refractivity contribution in [2.45, 2.75) is 39.2 Å². The Kier molecular flexibility index (Phi) is 6.37. The molecule has 2 aromatic carbocycles. The highest BCUT2D eigenvalue weighted by molar-refractivity contribution is 6.09. The Balaban J connectivity index is 1.87. The summed E-state index contributed by atoms with van der Waals surface area (Å²) in [6.07, 6.45) is 2.89. The molecule has 0 amide bonds. The van der Waals surface area contributed by atoms with Crippen LogP contribution in [0.5, 0.6) is 0 Å². The molecule has 7 nitrogen and oxygen atoms in total. The second kappa shape index (κ2) is 9.36. The molecule has 0 bridgehead atoms. The largest absolute Gasteiger partial charge is 0.456 e. The van der Waals surface area contributed by atoms with E-state index in [2.05, 4.69) is 19.1 Å². The minimum absolute atomic E-state index is 0.219. The molecular formula is C25H28N4O3. The zero-order chi connectivity index (χ0) is 22.7. The van der Waals surface area contributed by atoms with Crippen LogP contribution in [-0.2, 0) is 15.9 Å². The summed E-state index contributed by atoms with van der Waals surface area (Å²) in [6, 6.07) is 15.7. The van der Waals surface area contributed by atoms with E-state index in [0.717, 1.165) is 30.5 Å². The van der Waals surface area contributed by atoms with Crippen LogP contribution in [0.3, 0.4) is 0 Å². The first-order valence-corrected chi connectivity index (χ1v) is 10.9. The van der Waals surface area contributed by atoms with Gasteiger partial charge in [0.15, 0.2) is 5.65 Å². The maximum atomic E-state index is 13.1. The molecule has 2 aromatic heterocycles. The van der Waals surface area contributed by atoms with Gasteiger partial charge in [-0.05, 0) is 49.6 Å². The molecule has 166 valence electrons. The first-order valence-electron chi connectivity index (χ1n) is 10.9. The van der Waals surface area contributed by atoms with Crippen molar-refractivity contribution in [1.29, 1.82) is 0 Å². The number of ether oxygens (including phenoxy) is 2. The number of hydrogen-bond acceptors (Lipinski definition) is 6. The lowest BCUT2D eigenvalue weighted by atomic mass is 10.1. The van der Waals surface area contributed by atoms with E-state index in [9.17, 15) is 4.79 Å². The van der Waals surface area contributed by atoms with Crippen molar-refractivity contribution < 1.29 is 14.3 Å². The standard InChI is InChI=1S/C25H28N4O3/c1-4-5-8-17-11-13-18(14-12-17)29-23(26)21(25(30)32-16(2)15-31-3)22-24(29)28-20-10-7-6-9-19(20)27-22/h6-7,9-14,16H,4-5,8,15,26H2,1-3H3. The number of nitrogens with zero attached hydrogens (tertiary/aromatic N) is 3. The van der Waals surface area contributed by atoms with E-state index in [0.29, 0.717) is 16.7 Å². The summed E-state index contributed by atoms with van der Waals surface area (Å²) < 4.78 is 12.4. The smallest absolute Gasteiger partial charge is 0.344 e. The molecule has 0 aliphatic heterocycles. The van der Waals surface area contributed by atoms with Gasteiger partial charge in [0, 0.05) is 12.8 Å². The summed E-state index contributed by atoms with van der Waals surface area (Å²) in [7, 11) is 1.56. The van der Waals surface area contributed by atoms with Gasteiger partial charge >= 0.3 is 5.97 Å². The Morgan fingerprint density at radius 1 is 1.09 bits per heavy atom. The molecule has 7 heteroatoms. The monoisotopic (exact) mass is 432 g/mol. The molecule has 4 rings (SSSR count). The number of nitrogen functional groups attached to an aromatic ring is 1. The molecule has 0 saturated heterocycles. The maximum Gasteiger partial charge on any atom is 0.344 e. The molecule has 0 radical (unpaired) electrons. The number of unbranched alkanes of at least 4 members (excludes halogenated alkanes) is 1. The minimum atomic E-state index is -0.542. The number of para-hydroxylation sites is 2. The molecule has 0 spiro atoms. The Bertz CT molecular complexity index is 1250. The van der Waals surface area contributed by atoms with Crippen molar-refractivity contribution in [3.8, 4) is 5.69 Å². The summed E-state index contributed by atoms with van der Waals surface area (Å²) in [6.45, 7) is 4.24. The lowest BCUT2D eigenvalue weighted by Crippen LogP contribution is -2.20. The number of carbonyl (C=O) groups excluding carboxylic acids is 1. The first-order chi connectivity index (χ1) is 15.5. The van der Waals surface area contributed by atoms with Gasteiger partial charge in [0.2, 0.25) is 0 Å². The van der Waals surface area contributed by atoms with E-state index < -0.39 is 12.1 Å². The topological polar surface area (TPSA) is 92.3 Å². The normalized spacial score (nSPS) is 12.3. The van der Waals surface area contributed by atoms with Crippen LogP contribution in [0.25, 0.3) is 27.9 Å².